The molecule has 1 rings (SSSR count). The zero-order chi connectivity index (χ0) is 21.1. The normalized spacial score (nSPS) is 17.0. The van der Waals surface area contributed by atoms with Crippen LogP contribution in [0.4, 0.5) is 0 Å². The summed E-state index contributed by atoms with van der Waals surface area (Å²) in [4.78, 5) is 0. The summed E-state index contributed by atoms with van der Waals surface area (Å²) < 4.78 is 28.9. The molecule has 0 aliphatic carbocycles. The summed E-state index contributed by atoms with van der Waals surface area (Å²) in [5.74, 6) is -0.785. The van der Waals surface area contributed by atoms with E-state index in [4.69, 9.17) is 23.7 Å². The van der Waals surface area contributed by atoms with Crippen LogP contribution in [-0.2, 0) is 23.7 Å². The van der Waals surface area contributed by atoms with E-state index >= 15 is 0 Å². The van der Waals surface area contributed by atoms with Crippen molar-refractivity contribution in [3.63, 3.8) is 0 Å². The van der Waals surface area contributed by atoms with E-state index in [0.29, 0.717) is 26.4 Å². The fraction of sp³-hybridized carbons (Fsp3) is 0.913. The van der Waals surface area contributed by atoms with E-state index in [1.807, 2.05) is 27.7 Å². The molecule has 0 N–H and O–H groups in total. The van der Waals surface area contributed by atoms with E-state index in [9.17, 15) is 0 Å². The number of rotatable bonds is 18. The third-order valence-electron chi connectivity index (χ3n) is 4.52. The molecular weight excluding hydrogens is 356 g/mol. The highest BCUT2D eigenvalue weighted by atomic mass is 16.9. The van der Waals surface area contributed by atoms with Crippen LogP contribution in [0.15, 0.2) is 12.7 Å². The van der Waals surface area contributed by atoms with Crippen LogP contribution < -0.4 is 0 Å². The summed E-state index contributed by atoms with van der Waals surface area (Å²) >= 11 is 0. The van der Waals surface area contributed by atoms with Gasteiger partial charge in [0, 0.05) is 25.7 Å². The Kier molecular flexibility index (Phi) is 18.3. The molecule has 0 aromatic rings. The molecule has 0 aromatic heterocycles. The largest absolute Gasteiger partial charge is 0.350 e. The van der Waals surface area contributed by atoms with E-state index in [2.05, 4.69) is 13.5 Å². The van der Waals surface area contributed by atoms with Gasteiger partial charge in [-0.2, -0.15) is 0 Å². The molecule has 5 heteroatoms. The van der Waals surface area contributed by atoms with Gasteiger partial charge in [0.2, 0.25) is 0 Å². The van der Waals surface area contributed by atoms with Gasteiger partial charge in [-0.3, -0.25) is 0 Å². The lowest BCUT2D eigenvalue weighted by atomic mass is 9.94. The summed E-state index contributed by atoms with van der Waals surface area (Å²) in [6, 6.07) is 0. The molecule has 5 nitrogen and oxygen atoms in total. The van der Waals surface area contributed by atoms with Gasteiger partial charge in [-0.1, -0.05) is 51.5 Å². The first kappa shape index (κ1) is 27.5. The molecule has 0 radical (unpaired) electrons. The van der Waals surface area contributed by atoms with Gasteiger partial charge < -0.3 is 23.7 Å². The van der Waals surface area contributed by atoms with Gasteiger partial charge in [0.15, 0.2) is 6.29 Å². The van der Waals surface area contributed by atoms with Crippen LogP contribution in [0.3, 0.4) is 0 Å². The van der Waals surface area contributed by atoms with Crippen molar-refractivity contribution in [2.45, 2.75) is 98.2 Å². The van der Waals surface area contributed by atoms with Gasteiger partial charge in [-0.15, -0.1) is 6.58 Å². The van der Waals surface area contributed by atoms with Crippen LogP contribution >= 0.6 is 0 Å². The average Bonchev–Trinajstić information content (AvgIpc) is 3.48. The molecule has 1 aliphatic heterocycles. The average molecular weight is 403 g/mol. The first-order valence-electron chi connectivity index (χ1n) is 11.4. The lowest BCUT2D eigenvalue weighted by Gasteiger charge is -2.39. The van der Waals surface area contributed by atoms with Gasteiger partial charge in [-0.05, 0) is 40.5 Å². The van der Waals surface area contributed by atoms with Crippen molar-refractivity contribution in [2.75, 3.05) is 33.0 Å². The second kappa shape index (κ2) is 18.6. The minimum atomic E-state index is -0.949. The minimum Gasteiger partial charge on any atom is -0.350 e. The summed E-state index contributed by atoms with van der Waals surface area (Å²) in [5.41, 5.74) is 0. The van der Waals surface area contributed by atoms with Crippen LogP contribution in [0.2, 0.25) is 0 Å². The predicted molar refractivity (Wildman–Crippen MR) is 115 cm³/mol. The van der Waals surface area contributed by atoms with E-state index in [1.54, 1.807) is 6.08 Å². The Hall–Kier alpha value is -0.460. The molecule has 2 atom stereocenters. The molecule has 0 amide bonds. The van der Waals surface area contributed by atoms with Gasteiger partial charge in [0.25, 0.3) is 5.97 Å². The molecule has 168 valence electrons. The third-order valence-corrected chi connectivity index (χ3v) is 4.52. The molecule has 1 saturated heterocycles. The number of ether oxygens (including phenoxy) is 5. The summed E-state index contributed by atoms with van der Waals surface area (Å²) in [6.07, 6.45) is 11.3. The topological polar surface area (TPSA) is 49.5 Å². The van der Waals surface area contributed by atoms with Crippen molar-refractivity contribution in [3.05, 3.63) is 12.7 Å². The molecule has 1 aliphatic rings. The highest BCUT2D eigenvalue weighted by Crippen LogP contribution is 2.33. The van der Waals surface area contributed by atoms with Crippen molar-refractivity contribution >= 4 is 0 Å². The van der Waals surface area contributed by atoms with Gasteiger partial charge in [-0.25, -0.2) is 0 Å². The fourth-order valence-electron chi connectivity index (χ4n) is 3.23. The molecule has 0 spiro atoms. The van der Waals surface area contributed by atoms with Crippen molar-refractivity contribution < 1.29 is 23.7 Å². The lowest BCUT2D eigenvalue weighted by molar-refractivity contribution is -0.403. The summed E-state index contributed by atoms with van der Waals surface area (Å²) in [6.45, 7) is 16.5. The highest BCUT2D eigenvalue weighted by molar-refractivity contribution is 4.73. The lowest BCUT2D eigenvalue weighted by Crippen LogP contribution is -2.47. The first-order valence-corrected chi connectivity index (χ1v) is 11.4. The van der Waals surface area contributed by atoms with Crippen LogP contribution in [0.25, 0.3) is 0 Å². The quantitative estimate of drug-likeness (QED) is 0.120. The Morgan fingerprint density at radius 1 is 0.929 bits per heavy atom. The zero-order valence-corrected chi connectivity index (χ0v) is 19.2. The monoisotopic (exact) mass is 402 g/mol. The van der Waals surface area contributed by atoms with E-state index < -0.39 is 5.97 Å². The van der Waals surface area contributed by atoms with Crippen molar-refractivity contribution in [1.82, 2.24) is 0 Å². The maximum absolute atomic E-state index is 6.01. The number of unbranched alkanes of at least 4 members (excludes halogenated alkanes) is 5. The summed E-state index contributed by atoms with van der Waals surface area (Å²) in [5, 5.41) is 0. The van der Waals surface area contributed by atoms with Gasteiger partial charge in [0.1, 0.15) is 6.61 Å². The van der Waals surface area contributed by atoms with E-state index in [1.165, 1.54) is 38.5 Å². The Bertz CT molecular complexity index is 327. The molecule has 28 heavy (non-hydrogen) atoms. The SMILES string of the molecule is C=CC.CCCCCCCCC(CCOC1CO1)C(OCC)(OCC)OCC. The van der Waals surface area contributed by atoms with Crippen molar-refractivity contribution in [1.29, 1.82) is 0 Å². The molecule has 0 saturated carbocycles. The Morgan fingerprint density at radius 3 is 1.89 bits per heavy atom. The van der Waals surface area contributed by atoms with Crippen LogP contribution in [0, 0.1) is 5.92 Å². The first-order chi connectivity index (χ1) is 13.6. The number of hydrogen-bond acceptors (Lipinski definition) is 5. The zero-order valence-electron chi connectivity index (χ0n) is 19.2. The van der Waals surface area contributed by atoms with Crippen LogP contribution in [-0.4, -0.2) is 45.3 Å². The van der Waals surface area contributed by atoms with E-state index in [0.717, 1.165) is 19.4 Å². The standard InChI is InChI=1S/C20H40O5.C3H6/c1-5-9-10-11-12-13-14-18(15-16-21-19-17-22-19)20(23-6-2,24-7-3)25-8-4;1-3-2/h18-19H,5-17H2,1-4H3;3H,1H2,2H3. The smallest absolute Gasteiger partial charge is 0.285 e. The molecule has 0 bridgehead atoms. The second-order valence-electron chi connectivity index (χ2n) is 6.99. The maximum atomic E-state index is 6.01. The molecular formula is C23H46O5. The van der Waals surface area contributed by atoms with Crippen molar-refractivity contribution in [3.8, 4) is 0 Å². The van der Waals surface area contributed by atoms with Crippen LogP contribution in [0.5, 0.6) is 0 Å². The Labute approximate surface area is 174 Å². The highest BCUT2D eigenvalue weighted by Gasteiger charge is 2.41. The van der Waals surface area contributed by atoms with Gasteiger partial charge >= 0.3 is 0 Å². The second-order valence-corrected chi connectivity index (χ2v) is 6.99. The molecule has 0 aromatic carbocycles. The third kappa shape index (κ3) is 12.9. The number of allylic oxidation sites excluding steroid dienone is 1. The predicted octanol–water partition coefficient (Wildman–Crippen LogP) is 6.07. The Balaban J connectivity index is 0.00000227. The summed E-state index contributed by atoms with van der Waals surface area (Å²) in [7, 11) is 0. The van der Waals surface area contributed by atoms with Gasteiger partial charge in [0.05, 0.1) is 6.61 Å². The maximum Gasteiger partial charge on any atom is 0.285 e. The number of epoxide rings is 1. The number of hydrogen-bond donors (Lipinski definition) is 0. The van der Waals surface area contributed by atoms with Crippen molar-refractivity contribution in [2.24, 2.45) is 5.92 Å². The van der Waals surface area contributed by atoms with Crippen LogP contribution in [0.1, 0.15) is 86.0 Å². The fourth-order valence-corrected chi connectivity index (χ4v) is 3.23. The minimum absolute atomic E-state index is 0.00428. The molecule has 1 heterocycles. The molecule has 1 fully saturated rings. The Morgan fingerprint density at radius 2 is 1.43 bits per heavy atom. The molecule has 2 unspecified atom stereocenters. The van der Waals surface area contributed by atoms with E-state index in [-0.39, 0.29) is 12.2 Å².